The highest BCUT2D eigenvalue weighted by Crippen LogP contribution is 2.23. The number of benzene rings is 2. The fourth-order valence-corrected chi connectivity index (χ4v) is 2.67. The second-order valence-corrected chi connectivity index (χ2v) is 6.51. The highest BCUT2D eigenvalue weighted by atomic mass is 35.5. The number of hydrogen-bond donors (Lipinski definition) is 1. The van der Waals surface area contributed by atoms with E-state index in [0.717, 1.165) is 0 Å². The predicted molar refractivity (Wildman–Crippen MR) is 88.9 cm³/mol. The van der Waals surface area contributed by atoms with Crippen LogP contribution in [0.5, 0.6) is 11.5 Å². The quantitative estimate of drug-likeness (QED) is 0.639. The first-order valence-corrected chi connectivity index (χ1v) is 8.35. The van der Waals surface area contributed by atoms with Crippen LogP contribution in [0.1, 0.15) is 5.56 Å². The molecule has 0 aliphatic rings. The number of nitrogens with one attached hydrogen (secondary N) is 1. The summed E-state index contributed by atoms with van der Waals surface area (Å²) in [5.41, 5.74) is 0.604. The van der Waals surface area contributed by atoms with Crippen LogP contribution >= 0.6 is 11.6 Å². The van der Waals surface area contributed by atoms with Gasteiger partial charge in [-0.1, -0.05) is 11.6 Å². The van der Waals surface area contributed by atoms with Gasteiger partial charge in [-0.2, -0.15) is 13.5 Å². The van der Waals surface area contributed by atoms with E-state index in [2.05, 4.69) is 9.93 Å². The van der Waals surface area contributed by atoms with Crippen LogP contribution < -0.4 is 14.3 Å². The first kappa shape index (κ1) is 17.1. The van der Waals surface area contributed by atoms with Crippen molar-refractivity contribution in [2.24, 2.45) is 5.10 Å². The third kappa shape index (κ3) is 4.37. The number of sulfonamides is 1. The molecule has 0 heterocycles. The van der Waals surface area contributed by atoms with Crippen molar-refractivity contribution in [3.8, 4) is 11.5 Å². The molecule has 0 aliphatic carbocycles. The molecule has 0 bridgehead atoms. The Bertz CT molecular complexity index is 805. The molecule has 1 N–H and O–H groups in total. The van der Waals surface area contributed by atoms with Gasteiger partial charge in [-0.3, -0.25) is 0 Å². The molecule has 2 aromatic rings. The molecule has 122 valence electrons. The van der Waals surface area contributed by atoms with Gasteiger partial charge in [0.2, 0.25) is 0 Å². The molecule has 0 atom stereocenters. The second-order valence-electron chi connectivity index (χ2n) is 4.41. The van der Waals surface area contributed by atoms with Crippen molar-refractivity contribution in [1.82, 2.24) is 4.83 Å². The Balaban J connectivity index is 2.16. The molecular formula is C15H15ClN2O4S. The molecule has 0 amide bonds. The van der Waals surface area contributed by atoms with Gasteiger partial charge in [0.25, 0.3) is 10.0 Å². The summed E-state index contributed by atoms with van der Waals surface area (Å²) in [6.45, 7) is 0. The van der Waals surface area contributed by atoms with Gasteiger partial charge in [0.1, 0.15) is 11.5 Å². The Labute approximate surface area is 139 Å². The molecule has 0 radical (unpaired) electrons. The number of methoxy groups -OCH3 is 2. The zero-order valence-corrected chi connectivity index (χ0v) is 14.1. The van der Waals surface area contributed by atoms with Crippen molar-refractivity contribution in [3.63, 3.8) is 0 Å². The third-order valence-electron chi connectivity index (χ3n) is 2.94. The minimum Gasteiger partial charge on any atom is -0.497 e. The van der Waals surface area contributed by atoms with Gasteiger partial charge in [0, 0.05) is 16.7 Å². The number of ether oxygens (including phenoxy) is 2. The van der Waals surface area contributed by atoms with Gasteiger partial charge in [-0.05, 0) is 36.4 Å². The van der Waals surface area contributed by atoms with E-state index in [9.17, 15) is 8.42 Å². The SMILES string of the molecule is COc1ccc(C=NNS(=O)(=O)c2ccc(Cl)cc2)c(OC)c1. The summed E-state index contributed by atoms with van der Waals surface area (Å²) in [4.78, 5) is 2.21. The molecule has 2 aromatic carbocycles. The first-order valence-electron chi connectivity index (χ1n) is 6.49. The maximum absolute atomic E-state index is 12.1. The molecule has 0 saturated heterocycles. The summed E-state index contributed by atoms with van der Waals surface area (Å²) in [6.07, 6.45) is 1.35. The van der Waals surface area contributed by atoms with Gasteiger partial charge in [0.15, 0.2) is 0 Å². The van der Waals surface area contributed by atoms with E-state index in [1.807, 2.05) is 0 Å². The molecule has 0 spiro atoms. The highest BCUT2D eigenvalue weighted by molar-refractivity contribution is 7.89. The molecule has 6 nitrogen and oxygen atoms in total. The fourth-order valence-electron chi connectivity index (χ4n) is 1.76. The maximum atomic E-state index is 12.1. The van der Waals surface area contributed by atoms with Crippen LogP contribution in [-0.2, 0) is 10.0 Å². The van der Waals surface area contributed by atoms with Gasteiger partial charge < -0.3 is 9.47 Å². The fraction of sp³-hybridized carbons (Fsp3) is 0.133. The molecule has 0 aromatic heterocycles. The number of halogens is 1. The van der Waals surface area contributed by atoms with Gasteiger partial charge in [-0.25, -0.2) is 4.83 Å². The van der Waals surface area contributed by atoms with Crippen molar-refractivity contribution in [3.05, 3.63) is 53.1 Å². The van der Waals surface area contributed by atoms with Crippen LogP contribution in [-0.4, -0.2) is 28.9 Å². The third-order valence-corrected chi connectivity index (χ3v) is 4.43. The van der Waals surface area contributed by atoms with Crippen LogP contribution in [0.4, 0.5) is 0 Å². The Morgan fingerprint density at radius 2 is 1.78 bits per heavy atom. The van der Waals surface area contributed by atoms with Crippen molar-refractivity contribution >= 4 is 27.8 Å². The Morgan fingerprint density at radius 3 is 2.39 bits per heavy atom. The maximum Gasteiger partial charge on any atom is 0.276 e. The number of hydrazone groups is 1. The summed E-state index contributed by atoms with van der Waals surface area (Å²) < 4.78 is 34.4. The van der Waals surface area contributed by atoms with E-state index in [1.54, 1.807) is 25.3 Å². The average Bonchev–Trinajstić information content (AvgIpc) is 2.55. The lowest BCUT2D eigenvalue weighted by atomic mass is 10.2. The normalized spacial score (nSPS) is 11.4. The zero-order chi connectivity index (χ0) is 16.9. The molecular weight excluding hydrogens is 340 g/mol. The minimum atomic E-state index is -3.75. The highest BCUT2D eigenvalue weighted by Gasteiger charge is 2.12. The van der Waals surface area contributed by atoms with Crippen LogP contribution in [0.25, 0.3) is 0 Å². The van der Waals surface area contributed by atoms with E-state index in [0.29, 0.717) is 22.1 Å². The molecule has 2 rings (SSSR count). The Hall–Kier alpha value is -2.25. The van der Waals surface area contributed by atoms with E-state index in [4.69, 9.17) is 21.1 Å². The van der Waals surface area contributed by atoms with Crippen molar-refractivity contribution in [2.45, 2.75) is 4.90 Å². The number of rotatable bonds is 6. The predicted octanol–water partition coefficient (Wildman–Crippen LogP) is 2.67. The molecule has 0 unspecified atom stereocenters. The van der Waals surface area contributed by atoms with Gasteiger partial charge in [0.05, 0.1) is 25.3 Å². The molecule has 8 heteroatoms. The standard InChI is InChI=1S/C15H15ClN2O4S/c1-21-13-6-3-11(15(9-13)22-2)10-17-18-23(19,20)14-7-4-12(16)5-8-14/h3-10,18H,1-2H3. The van der Waals surface area contributed by atoms with Gasteiger partial charge >= 0.3 is 0 Å². The van der Waals surface area contributed by atoms with E-state index in [1.165, 1.54) is 37.6 Å². The lowest BCUT2D eigenvalue weighted by Crippen LogP contribution is -2.18. The summed E-state index contributed by atoms with van der Waals surface area (Å²) in [6, 6.07) is 10.9. The van der Waals surface area contributed by atoms with Crippen LogP contribution in [0, 0.1) is 0 Å². The zero-order valence-electron chi connectivity index (χ0n) is 12.5. The number of nitrogens with zero attached hydrogens (tertiary/aromatic N) is 1. The number of hydrogen-bond acceptors (Lipinski definition) is 5. The van der Waals surface area contributed by atoms with Gasteiger partial charge in [-0.15, -0.1) is 0 Å². The van der Waals surface area contributed by atoms with Crippen molar-refractivity contribution in [1.29, 1.82) is 0 Å². The average molecular weight is 355 g/mol. The molecule has 0 saturated carbocycles. The summed E-state index contributed by atoms with van der Waals surface area (Å²) in [5, 5.41) is 4.21. The Morgan fingerprint density at radius 1 is 1.09 bits per heavy atom. The van der Waals surface area contributed by atoms with Crippen LogP contribution in [0.2, 0.25) is 5.02 Å². The largest absolute Gasteiger partial charge is 0.497 e. The Kier molecular flexibility index (Phi) is 5.46. The molecule has 23 heavy (non-hydrogen) atoms. The van der Waals surface area contributed by atoms with Crippen molar-refractivity contribution < 1.29 is 17.9 Å². The summed E-state index contributed by atoms with van der Waals surface area (Å²) in [5.74, 6) is 1.14. The van der Waals surface area contributed by atoms with Crippen molar-refractivity contribution in [2.75, 3.05) is 14.2 Å². The first-order chi connectivity index (χ1) is 11.0. The summed E-state index contributed by atoms with van der Waals surface area (Å²) in [7, 11) is -0.703. The molecule has 0 aliphatic heterocycles. The van der Waals surface area contributed by atoms with E-state index in [-0.39, 0.29) is 4.90 Å². The smallest absolute Gasteiger partial charge is 0.276 e. The lowest BCUT2D eigenvalue weighted by molar-refractivity contribution is 0.394. The topological polar surface area (TPSA) is 77.0 Å². The lowest BCUT2D eigenvalue weighted by Gasteiger charge is -2.07. The summed E-state index contributed by atoms with van der Waals surface area (Å²) >= 11 is 5.74. The minimum absolute atomic E-state index is 0.0701. The van der Waals surface area contributed by atoms with Crippen LogP contribution in [0.3, 0.4) is 0 Å². The molecule has 0 fully saturated rings. The van der Waals surface area contributed by atoms with Crippen LogP contribution in [0.15, 0.2) is 52.5 Å². The van der Waals surface area contributed by atoms with E-state index < -0.39 is 10.0 Å². The van der Waals surface area contributed by atoms with E-state index >= 15 is 0 Å². The second kappa shape index (κ2) is 7.34. The monoisotopic (exact) mass is 354 g/mol.